The first-order valence-corrected chi connectivity index (χ1v) is 13.9. The highest BCUT2D eigenvalue weighted by Gasteiger charge is 2.15. The van der Waals surface area contributed by atoms with Crippen molar-refractivity contribution in [3.63, 3.8) is 0 Å². The maximum atomic E-state index is 12.6. The summed E-state index contributed by atoms with van der Waals surface area (Å²) in [5.74, 6) is 0.778. The molecular formula is C25H17Br2Cl2IN2O4. The van der Waals surface area contributed by atoms with Crippen LogP contribution >= 0.6 is 77.7 Å². The number of furan rings is 1. The van der Waals surface area contributed by atoms with Gasteiger partial charge in [0.1, 0.15) is 12.2 Å². The SMILES string of the molecule is CCOc1cc(/C=N\NC(=O)c2cc3cc(Br)cc(I)c3o2)c(Br)cc1OCc1ccc(Cl)c(Cl)c1. The molecule has 186 valence electrons. The van der Waals surface area contributed by atoms with E-state index in [1.54, 1.807) is 30.3 Å². The van der Waals surface area contributed by atoms with Crippen LogP contribution in [-0.2, 0) is 6.61 Å². The summed E-state index contributed by atoms with van der Waals surface area (Å²) in [4.78, 5) is 12.6. The highest BCUT2D eigenvalue weighted by Crippen LogP contribution is 2.34. The number of ether oxygens (including phenoxy) is 2. The van der Waals surface area contributed by atoms with Gasteiger partial charge in [-0.15, -0.1) is 0 Å². The first kappa shape index (κ1) is 27.3. The number of hydrazone groups is 1. The number of amides is 1. The van der Waals surface area contributed by atoms with E-state index in [2.05, 4.69) is 65.0 Å². The Labute approximate surface area is 247 Å². The molecule has 0 saturated heterocycles. The minimum Gasteiger partial charge on any atom is -0.490 e. The van der Waals surface area contributed by atoms with E-state index in [9.17, 15) is 4.79 Å². The zero-order valence-corrected chi connectivity index (χ0v) is 25.4. The number of nitrogens with one attached hydrogen (secondary N) is 1. The summed E-state index contributed by atoms with van der Waals surface area (Å²) in [7, 11) is 0. The van der Waals surface area contributed by atoms with Crippen molar-refractivity contribution < 1.29 is 18.7 Å². The van der Waals surface area contributed by atoms with Crippen LogP contribution in [0.3, 0.4) is 0 Å². The number of hydrogen-bond acceptors (Lipinski definition) is 5. The number of fused-ring (bicyclic) bond motifs is 1. The predicted molar refractivity (Wildman–Crippen MR) is 158 cm³/mol. The quantitative estimate of drug-likeness (QED) is 0.111. The van der Waals surface area contributed by atoms with Crippen LogP contribution in [0, 0.1) is 3.57 Å². The lowest BCUT2D eigenvalue weighted by Gasteiger charge is -2.14. The molecular weight excluding hydrogens is 750 g/mol. The molecule has 0 fully saturated rings. The third kappa shape index (κ3) is 6.55. The number of rotatable bonds is 8. The van der Waals surface area contributed by atoms with E-state index in [4.69, 9.17) is 37.1 Å². The molecule has 11 heteroatoms. The molecule has 0 aliphatic heterocycles. The number of halogens is 5. The molecule has 4 rings (SSSR count). The van der Waals surface area contributed by atoms with Crippen LogP contribution in [0.4, 0.5) is 0 Å². The second-order valence-electron chi connectivity index (χ2n) is 7.41. The lowest BCUT2D eigenvalue weighted by Crippen LogP contribution is -2.16. The first-order chi connectivity index (χ1) is 17.2. The van der Waals surface area contributed by atoms with Crippen LogP contribution in [-0.4, -0.2) is 18.7 Å². The zero-order chi connectivity index (χ0) is 25.8. The number of nitrogens with zero attached hydrogens (tertiary/aromatic N) is 1. The predicted octanol–water partition coefficient (Wildman–Crippen LogP) is 8.61. The summed E-state index contributed by atoms with van der Waals surface area (Å²) in [6.07, 6.45) is 1.51. The molecule has 1 aromatic heterocycles. The Morgan fingerprint density at radius 2 is 1.86 bits per heavy atom. The molecule has 0 spiro atoms. The van der Waals surface area contributed by atoms with E-state index in [1.807, 2.05) is 25.1 Å². The van der Waals surface area contributed by atoms with Gasteiger partial charge in [-0.25, -0.2) is 5.43 Å². The molecule has 36 heavy (non-hydrogen) atoms. The normalized spacial score (nSPS) is 11.3. The zero-order valence-electron chi connectivity index (χ0n) is 18.6. The van der Waals surface area contributed by atoms with Gasteiger partial charge in [-0.05, 0) is 93.5 Å². The van der Waals surface area contributed by atoms with Crippen molar-refractivity contribution in [2.45, 2.75) is 13.5 Å². The van der Waals surface area contributed by atoms with Crippen LogP contribution in [0.2, 0.25) is 10.0 Å². The van der Waals surface area contributed by atoms with Gasteiger partial charge in [0.2, 0.25) is 0 Å². The van der Waals surface area contributed by atoms with Gasteiger partial charge < -0.3 is 13.9 Å². The lowest BCUT2D eigenvalue weighted by atomic mass is 10.2. The molecule has 1 N–H and O–H groups in total. The Hall–Kier alpha value is -1.79. The number of hydrogen-bond donors (Lipinski definition) is 1. The second kappa shape index (κ2) is 12.2. The molecule has 6 nitrogen and oxygen atoms in total. The third-order valence-corrected chi connectivity index (χ3v) is 7.56. The summed E-state index contributed by atoms with van der Waals surface area (Å²) in [6.45, 7) is 2.60. The fourth-order valence-corrected chi connectivity index (χ4v) is 5.63. The van der Waals surface area contributed by atoms with Gasteiger partial charge in [0.05, 0.1) is 26.4 Å². The Morgan fingerprint density at radius 1 is 1.08 bits per heavy atom. The average Bonchev–Trinajstić information content (AvgIpc) is 3.26. The largest absolute Gasteiger partial charge is 0.490 e. The van der Waals surface area contributed by atoms with E-state index in [-0.39, 0.29) is 12.4 Å². The van der Waals surface area contributed by atoms with Gasteiger partial charge in [-0.2, -0.15) is 5.10 Å². The Balaban J connectivity index is 1.48. The van der Waals surface area contributed by atoms with Crippen molar-refractivity contribution in [1.29, 1.82) is 0 Å². The summed E-state index contributed by atoms with van der Waals surface area (Å²) in [5, 5.41) is 5.85. The van der Waals surface area contributed by atoms with Crippen molar-refractivity contribution in [1.82, 2.24) is 5.43 Å². The molecule has 0 aliphatic rings. The minimum atomic E-state index is -0.461. The highest BCUT2D eigenvalue weighted by atomic mass is 127. The lowest BCUT2D eigenvalue weighted by molar-refractivity contribution is 0.0929. The van der Waals surface area contributed by atoms with Crippen LogP contribution < -0.4 is 14.9 Å². The van der Waals surface area contributed by atoms with Crippen LogP contribution in [0.25, 0.3) is 11.0 Å². The summed E-state index contributed by atoms with van der Waals surface area (Å²) < 4.78 is 19.9. The van der Waals surface area contributed by atoms with Crippen molar-refractivity contribution in [2.75, 3.05) is 6.61 Å². The molecule has 0 radical (unpaired) electrons. The minimum absolute atomic E-state index is 0.165. The van der Waals surface area contributed by atoms with E-state index in [1.165, 1.54) is 6.21 Å². The molecule has 0 saturated carbocycles. The van der Waals surface area contributed by atoms with Crippen LogP contribution in [0.15, 0.2) is 67.0 Å². The summed E-state index contributed by atoms with van der Waals surface area (Å²) in [6, 6.07) is 14.4. The smallest absolute Gasteiger partial charge is 0.307 e. The van der Waals surface area contributed by atoms with E-state index < -0.39 is 5.91 Å². The third-order valence-electron chi connectivity index (χ3n) is 4.87. The van der Waals surface area contributed by atoms with Crippen LogP contribution in [0.5, 0.6) is 11.5 Å². The molecule has 0 aliphatic carbocycles. The fourth-order valence-electron chi connectivity index (χ4n) is 3.22. The van der Waals surface area contributed by atoms with Gasteiger partial charge in [-0.3, -0.25) is 4.79 Å². The number of benzene rings is 3. The van der Waals surface area contributed by atoms with Gasteiger partial charge in [-0.1, -0.05) is 45.2 Å². The van der Waals surface area contributed by atoms with E-state index in [0.29, 0.717) is 43.8 Å². The van der Waals surface area contributed by atoms with Gasteiger partial charge in [0, 0.05) is 19.9 Å². The molecule has 1 amide bonds. The van der Waals surface area contributed by atoms with Gasteiger partial charge in [0.25, 0.3) is 0 Å². The molecule has 0 bridgehead atoms. The Bertz CT molecular complexity index is 1480. The van der Waals surface area contributed by atoms with Crippen LogP contribution in [0.1, 0.15) is 28.6 Å². The molecule has 1 heterocycles. The van der Waals surface area contributed by atoms with E-state index >= 15 is 0 Å². The Kier molecular flexibility index (Phi) is 9.21. The monoisotopic (exact) mass is 764 g/mol. The average molecular weight is 767 g/mol. The fraction of sp³-hybridized carbons (Fsp3) is 0.120. The summed E-state index contributed by atoms with van der Waals surface area (Å²) in [5.41, 5.74) is 4.69. The van der Waals surface area contributed by atoms with Crippen molar-refractivity contribution in [3.05, 3.63) is 88.0 Å². The molecule has 0 atom stereocenters. The van der Waals surface area contributed by atoms with Crippen molar-refractivity contribution in [3.8, 4) is 11.5 Å². The number of carbonyl (C=O) groups is 1. The van der Waals surface area contributed by atoms with Crippen molar-refractivity contribution in [2.24, 2.45) is 5.10 Å². The molecule has 0 unspecified atom stereocenters. The summed E-state index contributed by atoms with van der Waals surface area (Å²) >= 11 is 21.2. The Morgan fingerprint density at radius 3 is 2.61 bits per heavy atom. The first-order valence-electron chi connectivity index (χ1n) is 10.5. The highest BCUT2D eigenvalue weighted by molar-refractivity contribution is 14.1. The second-order valence-corrected chi connectivity index (χ2v) is 11.2. The van der Waals surface area contributed by atoms with Crippen molar-refractivity contribution >= 4 is 101 Å². The molecule has 3 aromatic carbocycles. The standard InChI is InChI=1S/C25H17Br2Cl2IN2O4/c1-2-34-21-8-15(17(27)10-22(21)35-12-13-3-4-18(28)19(29)5-13)11-31-32-25(33)23-7-14-6-16(26)9-20(30)24(14)36-23/h3-11H,2,12H2,1H3,(H,32,33)/b31-11-. The maximum Gasteiger partial charge on any atom is 0.307 e. The van der Waals surface area contributed by atoms with E-state index in [0.717, 1.165) is 19.0 Å². The van der Waals surface area contributed by atoms with Gasteiger partial charge >= 0.3 is 5.91 Å². The topological polar surface area (TPSA) is 73.1 Å². The maximum absolute atomic E-state index is 12.6. The molecule has 4 aromatic rings. The van der Waals surface area contributed by atoms with Gasteiger partial charge in [0.15, 0.2) is 17.3 Å². The number of carbonyl (C=O) groups excluding carboxylic acids is 1.